The lowest BCUT2D eigenvalue weighted by Gasteiger charge is -2.50. The molecule has 0 unspecified atom stereocenters. The van der Waals surface area contributed by atoms with Crippen LogP contribution in [0.2, 0.25) is 0 Å². The zero-order valence-electron chi connectivity index (χ0n) is 16.8. The van der Waals surface area contributed by atoms with Gasteiger partial charge in [0.05, 0.1) is 24.5 Å². The predicted octanol–water partition coefficient (Wildman–Crippen LogP) is 2.91. The van der Waals surface area contributed by atoms with Gasteiger partial charge in [0.2, 0.25) is 0 Å². The largest absolute Gasteiger partial charge is 0.444 e. The van der Waals surface area contributed by atoms with Gasteiger partial charge in [-0.3, -0.25) is 0 Å². The van der Waals surface area contributed by atoms with Crippen LogP contribution in [0.5, 0.6) is 0 Å². The van der Waals surface area contributed by atoms with E-state index >= 15 is 0 Å². The lowest BCUT2D eigenvalue weighted by molar-refractivity contribution is -0.0929. The number of aliphatic hydroxyl groups is 1. The molecule has 6 nitrogen and oxygen atoms in total. The fourth-order valence-corrected chi connectivity index (χ4v) is 5.57. The van der Waals surface area contributed by atoms with Crippen LogP contribution in [0.4, 0.5) is 4.79 Å². The smallest absolute Gasteiger partial charge is 0.410 e. The Morgan fingerprint density at radius 1 is 1.29 bits per heavy atom. The third-order valence-electron chi connectivity index (χ3n) is 6.78. The summed E-state index contributed by atoms with van der Waals surface area (Å²) >= 11 is 0. The molecular formula is C22H29N3O3. The molecule has 1 saturated carbocycles. The van der Waals surface area contributed by atoms with Crippen molar-refractivity contribution in [3.63, 3.8) is 0 Å². The molecule has 1 saturated heterocycles. The minimum absolute atomic E-state index is 0.174. The molecule has 2 fully saturated rings. The first-order valence-electron chi connectivity index (χ1n) is 10.2. The van der Waals surface area contributed by atoms with Crippen LogP contribution >= 0.6 is 0 Å². The Balaban J connectivity index is 1.34. The zero-order chi connectivity index (χ0) is 19.7. The van der Waals surface area contributed by atoms with Gasteiger partial charge in [-0.2, -0.15) is 0 Å². The number of nitrogens with one attached hydrogen (secondary N) is 1. The highest BCUT2D eigenvalue weighted by Gasteiger charge is 2.59. The summed E-state index contributed by atoms with van der Waals surface area (Å²) in [5.74, 6) is 0.174. The number of hydrogen-bond donors (Lipinski definition) is 2. The minimum atomic E-state index is -0.490. The number of fused-ring (bicyclic) bond motifs is 3. The van der Waals surface area contributed by atoms with E-state index in [0.717, 1.165) is 19.5 Å². The van der Waals surface area contributed by atoms with Crippen molar-refractivity contribution in [2.45, 2.75) is 51.4 Å². The van der Waals surface area contributed by atoms with Crippen LogP contribution in [0, 0.1) is 11.3 Å². The molecule has 3 aliphatic heterocycles. The van der Waals surface area contributed by atoms with E-state index in [9.17, 15) is 9.90 Å². The fraction of sp³-hybridized carbons (Fsp3) is 0.591. The van der Waals surface area contributed by atoms with Gasteiger partial charge in [-0.1, -0.05) is 24.3 Å². The number of carbonyl (C=O) groups excluding carboxylic acids is 1. The third-order valence-corrected chi connectivity index (χ3v) is 6.78. The first-order valence-corrected chi connectivity index (χ1v) is 10.2. The molecule has 1 amide bonds. The molecule has 1 spiro atoms. The van der Waals surface area contributed by atoms with Gasteiger partial charge in [-0.15, -0.1) is 0 Å². The van der Waals surface area contributed by atoms with Crippen LogP contribution in [-0.2, 0) is 4.74 Å². The molecule has 2 N–H and O–H groups in total. The molecule has 28 heavy (non-hydrogen) atoms. The molecular weight excluding hydrogens is 354 g/mol. The Kier molecular flexibility index (Phi) is 3.76. The highest BCUT2D eigenvalue weighted by atomic mass is 16.6. The molecule has 1 aromatic rings. The average Bonchev–Trinajstić information content (AvgIpc) is 3.25. The number of likely N-dealkylation sites (tertiary alicyclic amines) is 1. The van der Waals surface area contributed by atoms with Crippen molar-refractivity contribution >= 4 is 11.8 Å². The molecule has 4 aliphatic rings. The van der Waals surface area contributed by atoms with Crippen LogP contribution in [0.3, 0.4) is 0 Å². The first-order chi connectivity index (χ1) is 13.3. The zero-order valence-corrected chi connectivity index (χ0v) is 16.8. The number of aliphatic hydroxyl groups excluding tert-OH is 1. The number of rotatable bonds is 1. The number of amides is 1. The maximum atomic E-state index is 12.3. The van der Waals surface area contributed by atoms with Gasteiger partial charge in [0, 0.05) is 36.2 Å². The van der Waals surface area contributed by atoms with Crippen LogP contribution in [0.15, 0.2) is 30.5 Å². The molecule has 3 atom stereocenters. The number of nitrogens with zero attached hydrogens (tertiary/aromatic N) is 2. The van der Waals surface area contributed by atoms with Gasteiger partial charge in [-0.05, 0) is 39.2 Å². The van der Waals surface area contributed by atoms with Crippen molar-refractivity contribution in [1.82, 2.24) is 15.1 Å². The van der Waals surface area contributed by atoms with Crippen molar-refractivity contribution in [2.24, 2.45) is 11.3 Å². The first kappa shape index (κ1) is 17.9. The quantitative estimate of drug-likeness (QED) is 0.781. The standard InChI is InChI=1S/C22H29N3O3/c1-21(2,3)28-20(27)24-11-22(12-24)9-8-16(19(22)26)18-15-7-5-4-6-14(15)17-10-23-13-25(17)18/h4-7,10,16,18-19,23,26H,8-9,11-13H2,1-3H3/t16-,18-,19-/m1/s1. The summed E-state index contributed by atoms with van der Waals surface area (Å²) in [6.45, 7) is 7.62. The second-order valence-electron chi connectivity index (χ2n) is 9.74. The van der Waals surface area contributed by atoms with Crippen LogP contribution in [0.1, 0.15) is 50.8 Å². The predicted molar refractivity (Wildman–Crippen MR) is 106 cm³/mol. The Morgan fingerprint density at radius 2 is 2.04 bits per heavy atom. The van der Waals surface area contributed by atoms with E-state index in [1.807, 2.05) is 20.8 Å². The minimum Gasteiger partial charge on any atom is -0.444 e. The summed E-state index contributed by atoms with van der Waals surface area (Å²) in [5.41, 5.74) is 3.15. The van der Waals surface area contributed by atoms with Crippen molar-refractivity contribution in [3.05, 3.63) is 41.6 Å². The summed E-state index contributed by atoms with van der Waals surface area (Å²) in [5, 5.41) is 14.7. The third kappa shape index (κ3) is 2.54. The number of hydrogen-bond acceptors (Lipinski definition) is 5. The summed E-state index contributed by atoms with van der Waals surface area (Å²) in [4.78, 5) is 16.5. The van der Waals surface area contributed by atoms with E-state index in [1.54, 1.807) is 4.90 Å². The van der Waals surface area contributed by atoms with E-state index in [-0.39, 0.29) is 23.5 Å². The highest BCUT2D eigenvalue weighted by Crippen LogP contribution is 2.56. The average molecular weight is 383 g/mol. The molecule has 0 radical (unpaired) electrons. The van der Waals surface area contributed by atoms with E-state index in [0.29, 0.717) is 13.1 Å². The van der Waals surface area contributed by atoms with E-state index < -0.39 is 11.7 Å². The second kappa shape index (κ2) is 5.89. The second-order valence-corrected chi connectivity index (χ2v) is 9.74. The molecule has 5 rings (SSSR count). The summed E-state index contributed by atoms with van der Waals surface area (Å²) in [7, 11) is 0. The topological polar surface area (TPSA) is 65.0 Å². The summed E-state index contributed by atoms with van der Waals surface area (Å²) in [6, 6.07) is 8.74. The van der Waals surface area contributed by atoms with Crippen LogP contribution in [0.25, 0.3) is 5.70 Å². The summed E-state index contributed by atoms with van der Waals surface area (Å²) < 4.78 is 5.49. The van der Waals surface area contributed by atoms with Gasteiger partial charge in [-0.25, -0.2) is 4.79 Å². The van der Waals surface area contributed by atoms with Crippen molar-refractivity contribution < 1.29 is 14.6 Å². The van der Waals surface area contributed by atoms with Crippen LogP contribution in [-0.4, -0.2) is 52.5 Å². The van der Waals surface area contributed by atoms with E-state index in [4.69, 9.17) is 4.74 Å². The van der Waals surface area contributed by atoms with E-state index in [1.165, 1.54) is 16.8 Å². The monoisotopic (exact) mass is 383 g/mol. The van der Waals surface area contributed by atoms with Crippen molar-refractivity contribution in [2.75, 3.05) is 19.8 Å². The summed E-state index contributed by atoms with van der Waals surface area (Å²) in [6.07, 6.45) is 3.34. The SMILES string of the molecule is CC(C)(C)OC(=O)N1CC2(CC[C@H]([C@H]3c4ccccc4C4=CNCN43)[C@H]2O)C1. The van der Waals surface area contributed by atoms with Crippen molar-refractivity contribution in [1.29, 1.82) is 0 Å². The van der Waals surface area contributed by atoms with Gasteiger partial charge in [0.25, 0.3) is 0 Å². The number of carbonyl (C=O) groups is 1. The number of benzene rings is 1. The highest BCUT2D eigenvalue weighted by molar-refractivity contribution is 5.73. The lowest BCUT2D eigenvalue weighted by atomic mass is 9.74. The maximum absolute atomic E-state index is 12.3. The van der Waals surface area contributed by atoms with Gasteiger partial charge < -0.3 is 25.0 Å². The van der Waals surface area contributed by atoms with Gasteiger partial charge in [0.15, 0.2) is 0 Å². The van der Waals surface area contributed by atoms with Crippen molar-refractivity contribution in [3.8, 4) is 0 Å². The molecule has 3 heterocycles. The number of ether oxygens (including phenoxy) is 1. The Morgan fingerprint density at radius 3 is 2.79 bits per heavy atom. The maximum Gasteiger partial charge on any atom is 0.410 e. The molecule has 1 aromatic carbocycles. The van der Waals surface area contributed by atoms with Gasteiger partial charge in [0.1, 0.15) is 5.60 Å². The Hall–Kier alpha value is -2.21. The Bertz CT molecular complexity index is 838. The molecule has 1 aliphatic carbocycles. The van der Waals surface area contributed by atoms with Gasteiger partial charge >= 0.3 is 6.09 Å². The molecule has 0 bridgehead atoms. The fourth-order valence-electron chi connectivity index (χ4n) is 5.57. The molecule has 150 valence electrons. The Labute approximate surface area is 166 Å². The molecule has 0 aromatic heterocycles. The lowest BCUT2D eigenvalue weighted by Crippen LogP contribution is -2.63. The normalized spacial score (nSPS) is 29.9. The van der Waals surface area contributed by atoms with Crippen LogP contribution < -0.4 is 5.32 Å². The molecule has 6 heteroatoms. The van der Waals surface area contributed by atoms with E-state index in [2.05, 4.69) is 40.7 Å².